The number of hydrogen-bond acceptors (Lipinski definition) is 4. The van der Waals surface area contributed by atoms with Gasteiger partial charge in [0, 0.05) is 23.6 Å². The summed E-state index contributed by atoms with van der Waals surface area (Å²) < 4.78 is 0.885. The number of carbonyl (C=O) groups excluding carboxylic acids is 1. The number of amides is 1. The molecule has 1 amide bonds. The monoisotopic (exact) mass is 403 g/mol. The van der Waals surface area contributed by atoms with E-state index in [1.54, 1.807) is 23.5 Å². The molecule has 0 aliphatic rings. The van der Waals surface area contributed by atoms with E-state index in [1.165, 1.54) is 11.1 Å². The van der Waals surface area contributed by atoms with Crippen LogP contribution in [0.25, 0.3) is 0 Å². The van der Waals surface area contributed by atoms with Gasteiger partial charge in [0.05, 0.1) is 0 Å². The van der Waals surface area contributed by atoms with E-state index in [0.717, 1.165) is 15.0 Å². The Hall–Kier alpha value is -1.30. The van der Waals surface area contributed by atoms with Crippen LogP contribution in [0.15, 0.2) is 54.6 Å². The molecule has 0 atom stereocenters. The van der Waals surface area contributed by atoms with Crippen LogP contribution < -0.4 is 5.32 Å². The SMILES string of the molecule is CC(C)(C)c1ccc(NC(=O)CCSC(=S)SCc2ccccc2)cc1. The Labute approximate surface area is 170 Å². The van der Waals surface area contributed by atoms with Gasteiger partial charge in [-0.15, -0.1) is 23.5 Å². The van der Waals surface area contributed by atoms with Crippen LogP contribution >= 0.6 is 35.7 Å². The molecule has 0 fully saturated rings. The van der Waals surface area contributed by atoms with Crippen LogP contribution in [0, 0.1) is 0 Å². The summed E-state index contributed by atoms with van der Waals surface area (Å²) in [5.74, 6) is 1.60. The molecule has 0 saturated carbocycles. The maximum absolute atomic E-state index is 12.1. The fraction of sp³-hybridized carbons (Fsp3) is 0.333. The highest BCUT2D eigenvalue weighted by Gasteiger charge is 2.13. The van der Waals surface area contributed by atoms with Gasteiger partial charge in [0.25, 0.3) is 0 Å². The number of thiocarbonyl (C=S) groups is 1. The van der Waals surface area contributed by atoms with Gasteiger partial charge >= 0.3 is 0 Å². The molecule has 0 radical (unpaired) electrons. The van der Waals surface area contributed by atoms with Gasteiger partial charge < -0.3 is 5.32 Å². The first kappa shape index (κ1) is 21.0. The van der Waals surface area contributed by atoms with Crippen molar-refractivity contribution in [2.75, 3.05) is 11.1 Å². The first-order chi connectivity index (χ1) is 12.3. The minimum Gasteiger partial charge on any atom is -0.326 e. The summed E-state index contributed by atoms with van der Waals surface area (Å²) in [7, 11) is 0. The van der Waals surface area contributed by atoms with E-state index >= 15 is 0 Å². The first-order valence-electron chi connectivity index (χ1n) is 8.58. The summed E-state index contributed by atoms with van der Waals surface area (Å²) >= 11 is 8.60. The van der Waals surface area contributed by atoms with Crippen molar-refractivity contribution in [1.82, 2.24) is 0 Å². The second-order valence-electron chi connectivity index (χ2n) is 7.00. The maximum atomic E-state index is 12.1. The molecule has 2 rings (SSSR count). The minimum atomic E-state index is 0.0249. The fourth-order valence-corrected chi connectivity index (χ4v) is 4.38. The van der Waals surface area contributed by atoms with Crippen molar-refractivity contribution >= 4 is 50.9 Å². The molecule has 5 heteroatoms. The molecule has 0 aliphatic carbocycles. The van der Waals surface area contributed by atoms with Crippen LogP contribution in [-0.4, -0.2) is 15.2 Å². The Morgan fingerprint density at radius 3 is 2.27 bits per heavy atom. The van der Waals surface area contributed by atoms with Crippen LogP contribution in [0.4, 0.5) is 5.69 Å². The number of hydrogen-bond donors (Lipinski definition) is 1. The van der Waals surface area contributed by atoms with Crippen LogP contribution in [-0.2, 0) is 16.0 Å². The summed E-state index contributed by atoms with van der Waals surface area (Å²) in [6.45, 7) is 6.53. The number of nitrogens with one attached hydrogen (secondary N) is 1. The molecule has 0 spiro atoms. The molecule has 0 bridgehead atoms. The molecule has 0 heterocycles. The molecule has 0 aliphatic heterocycles. The molecule has 2 aromatic carbocycles. The molecular weight excluding hydrogens is 378 g/mol. The van der Waals surface area contributed by atoms with Gasteiger partial charge in [-0.1, -0.05) is 75.5 Å². The van der Waals surface area contributed by atoms with Gasteiger partial charge in [0.2, 0.25) is 5.91 Å². The Morgan fingerprint density at radius 1 is 1.00 bits per heavy atom. The summed E-state index contributed by atoms with van der Waals surface area (Å²) in [4.78, 5) is 12.1. The van der Waals surface area contributed by atoms with Crippen molar-refractivity contribution < 1.29 is 4.79 Å². The van der Waals surface area contributed by atoms with Crippen LogP contribution in [0.5, 0.6) is 0 Å². The molecule has 0 aromatic heterocycles. The van der Waals surface area contributed by atoms with Crippen molar-refractivity contribution in [1.29, 1.82) is 0 Å². The normalized spacial score (nSPS) is 11.2. The van der Waals surface area contributed by atoms with E-state index in [1.807, 2.05) is 30.3 Å². The van der Waals surface area contributed by atoms with Crippen LogP contribution in [0.1, 0.15) is 38.3 Å². The quantitative estimate of drug-likeness (QED) is 0.576. The second-order valence-corrected chi connectivity index (χ2v) is 10.3. The fourth-order valence-electron chi connectivity index (χ4n) is 2.26. The van der Waals surface area contributed by atoms with E-state index in [-0.39, 0.29) is 11.3 Å². The molecule has 1 N–H and O–H groups in total. The Balaban J connectivity index is 1.67. The van der Waals surface area contributed by atoms with Crippen molar-refractivity contribution in [3.05, 3.63) is 65.7 Å². The number of carbonyl (C=O) groups is 1. The zero-order valence-corrected chi connectivity index (χ0v) is 17.9. The average Bonchev–Trinajstić information content (AvgIpc) is 2.60. The van der Waals surface area contributed by atoms with E-state index < -0.39 is 0 Å². The number of anilines is 1. The lowest BCUT2D eigenvalue weighted by molar-refractivity contribution is -0.115. The average molecular weight is 404 g/mol. The molecule has 0 saturated heterocycles. The molecule has 26 heavy (non-hydrogen) atoms. The van der Waals surface area contributed by atoms with Gasteiger partial charge in [0.15, 0.2) is 0 Å². The topological polar surface area (TPSA) is 29.1 Å². The van der Waals surface area contributed by atoms with Gasteiger partial charge in [0.1, 0.15) is 3.53 Å². The largest absolute Gasteiger partial charge is 0.326 e. The second kappa shape index (κ2) is 10.1. The molecule has 0 unspecified atom stereocenters. The first-order valence-corrected chi connectivity index (χ1v) is 11.0. The highest BCUT2D eigenvalue weighted by atomic mass is 32.2. The summed E-state index contributed by atoms with van der Waals surface area (Å²) in [6, 6.07) is 18.3. The predicted molar refractivity (Wildman–Crippen MR) is 121 cm³/mol. The molecule has 2 nitrogen and oxygen atoms in total. The highest BCUT2D eigenvalue weighted by molar-refractivity contribution is 8.46. The van der Waals surface area contributed by atoms with E-state index in [4.69, 9.17) is 12.2 Å². The lowest BCUT2D eigenvalue weighted by Gasteiger charge is -2.19. The van der Waals surface area contributed by atoms with E-state index in [9.17, 15) is 4.79 Å². The van der Waals surface area contributed by atoms with Crippen molar-refractivity contribution in [2.45, 2.75) is 38.4 Å². The van der Waals surface area contributed by atoms with E-state index in [2.05, 4.69) is 50.4 Å². The van der Waals surface area contributed by atoms with Gasteiger partial charge in [-0.3, -0.25) is 4.79 Å². The number of benzene rings is 2. The van der Waals surface area contributed by atoms with Gasteiger partial charge in [-0.25, -0.2) is 0 Å². The zero-order chi connectivity index (χ0) is 19.0. The summed E-state index contributed by atoms with van der Waals surface area (Å²) in [6.07, 6.45) is 0.456. The lowest BCUT2D eigenvalue weighted by Crippen LogP contribution is -2.14. The van der Waals surface area contributed by atoms with Gasteiger partial charge in [-0.05, 0) is 28.7 Å². The van der Waals surface area contributed by atoms with Crippen molar-refractivity contribution in [2.24, 2.45) is 0 Å². The third-order valence-electron chi connectivity index (χ3n) is 3.78. The number of rotatable bonds is 6. The Kier molecular flexibility index (Phi) is 8.19. The zero-order valence-electron chi connectivity index (χ0n) is 15.5. The number of thioether (sulfide) groups is 2. The highest BCUT2D eigenvalue weighted by Crippen LogP contribution is 2.24. The van der Waals surface area contributed by atoms with Crippen molar-refractivity contribution in [3.63, 3.8) is 0 Å². The third kappa shape index (κ3) is 7.52. The predicted octanol–water partition coefficient (Wildman–Crippen LogP) is 6.26. The van der Waals surface area contributed by atoms with Crippen LogP contribution in [0.2, 0.25) is 0 Å². The molecular formula is C21H25NOS3. The Morgan fingerprint density at radius 2 is 1.65 bits per heavy atom. The van der Waals surface area contributed by atoms with E-state index in [0.29, 0.717) is 12.2 Å². The summed E-state index contributed by atoms with van der Waals surface area (Å²) in [5, 5.41) is 2.95. The summed E-state index contributed by atoms with van der Waals surface area (Å²) in [5.41, 5.74) is 3.48. The standard InChI is InChI=1S/C21H25NOS3/c1-21(2,3)17-9-11-18(12-10-17)22-19(23)13-14-25-20(24)26-15-16-7-5-4-6-8-16/h4-12H,13-15H2,1-3H3,(H,22,23). The lowest BCUT2D eigenvalue weighted by atomic mass is 9.87. The third-order valence-corrected chi connectivity index (χ3v) is 6.55. The smallest absolute Gasteiger partial charge is 0.225 e. The Bertz CT molecular complexity index is 721. The minimum absolute atomic E-state index is 0.0249. The molecule has 138 valence electrons. The maximum Gasteiger partial charge on any atom is 0.225 e. The van der Waals surface area contributed by atoms with Crippen LogP contribution in [0.3, 0.4) is 0 Å². The van der Waals surface area contributed by atoms with Gasteiger partial charge in [-0.2, -0.15) is 0 Å². The van der Waals surface area contributed by atoms with Crippen molar-refractivity contribution in [3.8, 4) is 0 Å². The molecule has 2 aromatic rings.